The molecule has 0 atom stereocenters. The number of fused-ring (bicyclic) bond motifs is 1. The molecule has 1 aromatic carbocycles. The molecule has 0 radical (unpaired) electrons. The fourth-order valence-electron chi connectivity index (χ4n) is 3.29. The second-order valence-electron chi connectivity index (χ2n) is 7.71. The first-order valence-electron chi connectivity index (χ1n) is 9.99. The highest BCUT2D eigenvalue weighted by Crippen LogP contribution is 2.33. The number of amides is 1. The maximum absolute atomic E-state index is 12.6. The molecule has 3 heterocycles. The van der Waals surface area contributed by atoms with Crippen LogP contribution in [-0.2, 0) is 6.54 Å². The number of nitrogens with one attached hydrogen (secondary N) is 1. The average molecular weight is 456 g/mol. The van der Waals surface area contributed by atoms with Crippen molar-refractivity contribution in [3.63, 3.8) is 0 Å². The van der Waals surface area contributed by atoms with Crippen LogP contribution in [0, 0.1) is 5.92 Å². The van der Waals surface area contributed by atoms with E-state index in [1.807, 2.05) is 4.68 Å². The third-order valence-electron chi connectivity index (χ3n) is 4.89. The molecule has 0 fully saturated rings. The van der Waals surface area contributed by atoms with Crippen molar-refractivity contribution < 1.29 is 9.90 Å². The molecule has 0 aliphatic rings. The van der Waals surface area contributed by atoms with E-state index in [0.29, 0.717) is 45.6 Å². The summed E-state index contributed by atoms with van der Waals surface area (Å²) in [7, 11) is 0. The van der Waals surface area contributed by atoms with Crippen LogP contribution >= 0.6 is 23.1 Å². The Hall–Kier alpha value is -2.97. The number of aromatic nitrogens is 4. The van der Waals surface area contributed by atoms with Crippen LogP contribution in [-0.4, -0.2) is 30.2 Å². The zero-order chi connectivity index (χ0) is 22.0. The van der Waals surface area contributed by atoms with Gasteiger partial charge in [-0.25, -0.2) is 14.0 Å². The van der Waals surface area contributed by atoms with E-state index in [-0.39, 0.29) is 11.7 Å². The lowest BCUT2D eigenvalue weighted by Crippen LogP contribution is -2.12. The molecule has 9 heteroatoms. The normalized spacial score (nSPS) is 11.4. The molecule has 0 saturated carbocycles. The number of hydrogen-bond donors (Lipinski definition) is 2. The van der Waals surface area contributed by atoms with Crippen LogP contribution in [0.2, 0.25) is 5.02 Å². The van der Waals surface area contributed by atoms with Crippen LogP contribution in [0.15, 0.2) is 41.9 Å². The van der Waals surface area contributed by atoms with Crippen molar-refractivity contribution in [2.75, 3.05) is 5.32 Å². The molecule has 31 heavy (non-hydrogen) atoms. The Bertz CT molecular complexity index is 1200. The number of carbonyl (C=O) groups is 1. The molecule has 0 spiro atoms. The highest BCUT2D eigenvalue weighted by atomic mass is 35.5. The van der Waals surface area contributed by atoms with Gasteiger partial charge in [0.15, 0.2) is 11.5 Å². The van der Waals surface area contributed by atoms with Gasteiger partial charge in [-0.2, -0.15) is 5.10 Å². The molecule has 7 nitrogen and oxygen atoms in total. The summed E-state index contributed by atoms with van der Waals surface area (Å²) < 4.78 is 5.80. The van der Waals surface area contributed by atoms with Crippen LogP contribution in [0.4, 0.5) is 5.82 Å². The van der Waals surface area contributed by atoms with Gasteiger partial charge in [-0.3, -0.25) is 4.79 Å². The lowest BCUT2D eigenvalue weighted by molar-refractivity contribution is 0.102. The number of anilines is 1. The Balaban J connectivity index is 1.76. The van der Waals surface area contributed by atoms with Crippen molar-refractivity contribution >= 4 is 45.9 Å². The summed E-state index contributed by atoms with van der Waals surface area (Å²) in [6.45, 7) is 5.04. The molecule has 3 aromatic heterocycles. The van der Waals surface area contributed by atoms with E-state index in [0.717, 1.165) is 18.4 Å². The number of phenolic OH excluding ortho intramolecular Hbond substituents is 1. The van der Waals surface area contributed by atoms with E-state index >= 15 is 0 Å². The van der Waals surface area contributed by atoms with Crippen molar-refractivity contribution in [1.82, 2.24) is 19.1 Å². The number of benzene rings is 1. The predicted octanol–water partition coefficient (Wildman–Crippen LogP) is 5.60. The molecule has 160 valence electrons. The number of rotatable bonds is 7. The quantitative estimate of drug-likeness (QED) is 0.378. The Morgan fingerprint density at radius 3 is 2.74 bits per heavy atom. The van der Waals surface area contributed by atoms with Gasteiger partial charge >= 0.3 is 0 Å². The lowest BCUT2D eigenvalue weighted by Gasteiger charge is -2.08. The number of hydrogen-bond acceptors (Lipinski definition) is 6. The SMILES string of the molecule is CC(C)CCCn1nc(NC(=O)c2cnsc2)c2cc(Cl)c(-c3ccc(O)cc3)nc21. The van der Waals surface area contributed by atoms with E-state index in [4.69, 9.17) is 16.6 Å². The first kappa shape index (κ1) is 21.3. The number of aromatic hydroxyl groups is 1. The summed E-state index contributed by atoms with van der Waals surface area (Å²) in [5.74, 6) is 0.901. The van der Waals surface area contributed by atoms with E-state index < -0.39 is 0 Å². The summed E-state index contributed by atoms with van der Waals surface area (Å²) in [4.78, 5) is 17.4. The Morgan fingerprint density at radius 2 is 2.06 bits per heavy atom. The minimum atomic E-state index is -0.277. The smallest absolute Gasteiger partial charge is 0.259 e. The lowest BCUT2D eigenvalue weighted by atomic mass is 10.1. The predicted molar refractivity (Wildman–Crippen MR) is 124 cm³/mol. The first-order chi connectivity index (χ1) is 14.9. The highest BCUT2D eigenvalue weighted by Gasteiger charge is 2.19. The topological polar surface area (TPSA) is 92.9 Å². The summed E-state index contributed by atoms with van der Waals surface area (Å²) in [6, 6.07) is 8.50. The van der Waals surface area contributed by atoms with Crippen LogP contribution in [0.1, 0.15) is 37.0 Å². The maximum atomic E-state index is 12.6. The zero-order valence-corrected chi connectivity index (χ0v) is 18.7. The standard InChI is InChI=1S/C22H22ClN5O2S/c1-13(2)4-3-9-28-21-17(20(27-28)26-22(30)15-11-24-31-12-15)10-18(23)19(25-21)14-5-7-16(29)8-6-14/h5-8,10-13,29H,3-4,9H2,1-2H3,(H,26,27,30). The minimum absolute atomic E-state index is 0.174. The number of carbonyl (C=O) groups excluding carboxylic acids is 1. The monoisotopic (exact) mass is 455 g/mol. The molecule has 1 amide bonds. The number of aryl methyl sites for hydroxylation is 1. The first-order valence-corrected chi connectivity index (χ1v) is 11.2. The van der Waals surface area contributed by atoms with E-state index in [1.165, 1.54) is 17.7 Å². The maximum Gasteiger partial charge on any atom is 0.259 e. The van der Waals surface area contributed by atoms with Gasteiger partial charge < -0.3 is 10.4 Å². The molecule has 2 N–H and O–H groups in total. The Kier molecular flexibility index (Phi) is 6.20. The molecule has 0 aliphatic carbocycles. The summed E-state index contributed by atoms with van der Waals surface area (Å²) in [5.41, 5.74) is 2.51. The Labute approximate surface area is 188 Å². The fourth-order valence-corrected chi connectivity index (χ4v) is 4.07. The molecule has 0 bridgehead atoms. The third-order valence-corrected chi connectivity index (χ3v) is 5.77. The second kappa shape index (κ2) is 9.03. The van der Waals surface area contributed by atoms with Gasteiger partial charge in [-0.05, 0) is 60.6 Å². The molecule has 4 rings (SSSR count). The molecule has 0 unspecified atom stereocenters. The van der Waals surface area contributed by atoms with Crippen LogP contribution in [0.3, 0.4) is 0 Å². The van der Waals surface area contributed by atoms with E-state index in [9.17, 15) is 9.90 Å². The minimum Gasteiger partial charge on any atom is -0.508 e. The molecule has 0 aliphatic heterocycles. The average Bonchev–Trinajstić information content (AvgIpc) is 3.37. The third kappa shape index (κ3) is 4.70. The highest BCUT2D eigenvalue weighted by molar-refractivity contribution is 7.03. The van der Waals surface area contributed by atoms with Gasteiger partial charge in [0.1, 0.15) is 5.75 Å². The fraction of sp³-hybridized carbons (Fsp3) is 0.273. The number of nitrogens with zero attached hydrogens (tertiary/aromatic N) is 4. The molecule has 0 saturated heterocycles. The summed E-state index contributed by atoms with van der Waals surface area (Å²) >= 11 is 7.77. The number of halogens is 1. The van der Waals surface area contributed by atoms with Gasteiger partial charge in [0, 0.05) is 17.5 Å². The summed E-state index contributed by atoms with van der Waals surface area (Å²) in [6.07, 6.45) is 3.52. The number of phenols is 1. The van der Waals surface area contributed by atoms with Crippen LogP contribution < -0.4 is 5.32 Å². The molecular weight excluding hydrogens is 434 g/mol. The van der Waals surface area contributed by atoms with E-state index in [1.54, 1.807) is 35.7 Å². The van der Waals surface area contributed by atoms with Gasteiger partial charge in [0.25, 0.3) is 5.91 Å². The van der Waals surface area contributed by atoms with Crippen LogP contribution in [0.5, 0.6) is 5.75 Å². The second-order valence-corrected chi connectivity index (χ2v) is 8.78. The molecule has 4 aromatic rings. The van der Waals surface area contributed by atoms with Crippen molar-refractivity contribution in [2.24, 2.45) is 5.92 Å². The molecular formula is C22H22ClN5O2S. The van der Waals surface area contributed by atoms with Crippen molar-refractivity contribution in [3.05, 3.63) is 52.5 Å². The van der Waals surface area contributed by atoms with Crippen molar-refractivity contribution in [3.8, 4) is 17.0 Å². The van der Waals surface area contributed by atoms with Gasteiger partial charge in [-0.15, -0.1) is 0 Å². The summed E-state index contributed by atoms with van der Waals surface area (Å²) in [5, 5.41) is 19.9. The van der Waals surface area contributed by atoms with Crippen molar-refractivity contribution in [1.29, 1.82) is 0 Å². The van der Waals surface area contributed by atoms with E-state index in [2.05, 4.69) is 28.6 Å². The van der Waals surface area contributed by atoms with Crippen LogP contribution in [0.25, 0.3) is 22.3 Å². The number of pyridine rings is 1. The van der Waals surface area contributed by atoms with Gasteiger partial charge in [0.2, 0.25) is 0 Å². The largest absolute Gasteiger partial charge is 0.508 e. The van der Waals surface area contributed by atoms with Crippen molar-refractivity contribution in [2.45, 2.75) is 33.2 Å². The Morgan fingerprint density at radius 1 is 1.29 bits per heavy atom. The zero-order valence-electron chi connectivity index (χ0n) is 17.2. The van der Waals surface area contributed by atoms with Gasteiger partial charge in [0.05, 0.1) is 27.9 Å². The van der Waals surface area contributed by atoms with Gasteiger partial charge in [-0.1, -0.05) is 25.4 Å².